The molecule has 20 heavy (non-hydrogen) atoms. The number of carbonyl (C=O) groups excluding carboxylic acids is 3. The summed E-state index contributed by atoms with van der Waals surface area (Å²) in [7, 11) is 0. The minimum atomic E-state index is -0.672. The first kappa shape index (κ1) is 15.7. The molecule has 0 saturated heterocycles. The standard InChI is InChI=1S/C14H18N2O4/c1-4-15-14(19)16-12(17)8-20-13(18)11-7-9(2)5-6-10(11)3/h5-7H,4,8H2,1-3H3,(H2,15,16,17,19). The van der Waals surface area contributed by atoms with Gasteiger partial charge in [-0.2, -0.15) is 0 Å². The molecule has 0 radical (unpaired) electrons. The predicted molar refractivity (Wildman–Crippen MR) is 73.4 cm³/mol. The Balaban J connectivity index is 2.53. The highest BCUT2D eigenvalue weighted by Crippen LogP contribution is 2.11. The average molecular weight is 278 g/mol. The Morgan fingerprint density at radius 2 is 1.90 bits per heavy atom. The van der Waals surface area contributed by atoms with Crippen LogP contribution < -0.4 is 10.6 Å². The molecule has 6 nitrogen and oxygen atoms in total. The van der Waals surface area contributed by atoms with Crippen LogP contribution in [0.3, 0.4) is 0 Å². The van der Waals surface area contributed by atoms with Crippen LogP contribution >= 0.6 is 0 Å². The van der Waals surface area contributed by atoms with E-state index in [1.165, 1.54) is 0 Å². The molecule has 0 aliphatic rings. The first-order valence-electron chi connectivity index (χ1n) is 6.26. The van der Waals surface area contributed by atoms with Crippen molar-refractivity contribution in [3.8, 4) is 0 Å². The molecule has 1 rings (SSSR count). The zero-order valence-electron chi connectivity index (χ0n) is 11.8. The Bertz CT molecular complexity index is 526. The molecule has 6 heteroatoms. The molecule has 0 aliphatic carbocycles. The van der Waals surface area contributed by atoms with E-state index >= 15 is 0 Å². The maximum atomic E-state index is 11.8. The molecule has 0 atom stereocenters. The number of esters is 1. The number of benzene rings is 1. The summed E-state index contributed by atoms with van der Waals surface area (Å²) < 4.78 is 4.87. The maximum absolute atomic E-state index is 11.8. The fraction of sp³-hybridized carbons (Fsp3) is 0.357. The molecular weight excluding hydrogens is 260 g/mol. The molecule has 2 N–H and O–H groups in total. The minimum Gasteiger partial charge on any atom is -0.452 e. The van der Waals surface area contributed by atoms with Gasteiger partial charge in [-0.05, 0) is 32.4 Å². The second-order valence-corrected chi connectivity index (χ2v) is 4.30. The van der Waals surface area contributed by atoms with Crippen molar-refractivity contribution in [2.24, 2.45) is 0 Å². The van der Waals surface area contributed by atoms with Crippen LogP contribution in [0, 0.1) is 13.8 Å². The Hall–Kier alpha value is -2.37. The zero-order valence-corrected chi connectivity index (χ0v) is 11.8. The van der Waals surface area contributed by atoms with Crippen molar-refractivity contribution in [2.45, 2.75) is 20.8 Å². The fourth-order valence-electron chi connectivity index (χ4n) is 1.53. The van der Waals surface area contributed by atoms with Gasteiger partial charge in [0, 0.05) is 6.54 Å². The van der Waals surface area contributed by atoms with Crippen molar-refractivity contribution in [2.75, 3.05) is 13.2 Å². The smallest absolute Gasteiger partial charge is 0.338 e. The summed E-state index contributed by atoms with van der Waals surface area (Å²) in [6, 6.07) is 4.77. The van der Waals surface area contributed by atoms with E-state index in [1.54, 1.807) is 26.0 Å². The van der Waals surface area contributed by atoms with Crippen LogP contribution in [0.1, 0.15) is 28.4 Å². The van der Waals surface area contributed by atoms with Crippen molar-refractivity contribution in [1.82, 2.24) is 10.6 Å². The lowest BCUT2D eigenvalue weighted by molar-refractivity contribution is -0.123. The largest absolute Gasteiger partial charge is 0.452 e. The summed E-state index contributed by atoms with van der Waals surface area (Å²) in [6.45, 7) is 5.28. The third kappa shape index (κ3) is 4.72. The van der Waals surface area contributed by atoms with E-state index in [-0.39, 0.29) is 0 Å². The summed E-state index contributed by atoms with van der Waals surface area (Å²) >= 11 is 0. The number of carbonyl (C=O) groups is 3. The van der Waals surface area contributed by atoms with Crippen LogP contribution in [-0.2, 0) is 9.53 Å². The van der Waals surface area contributed by atoms with E-state index in [0.717, 1.165) is 11.1 Å². The molecule has 0 bridgehead atoms. The molecule has 1 aromatic carbocycles. The number of hydrogen-bond donors (Lipinski definition) is 2. The van der Waals surface area contributed by atoms with Gasteiger partial charge in [0.2, 0.25) is 0 Å². The maximum Gasteiger partial charge on any atom is 0.338 e. The first-order chi connectivity index (χ1) is 9.43. The van der Waals surface area contributed by atoms with Gasteiger partial charge in [0.25, 0.3) is 5.91 Å². The van der Waals surface area contributed by atoms with Crippen molar-refractivity contribution < 1.29 is 19.1 Å². The van der Waals surface area contributed by atoms with E-state index in [9.17, 15) is 14.4 Å². The van der Waals surface area contributed by atoms with Crippen molar-refractivity contribution >= 4 is 17.9 Å². The van der Waals surface area contributed by atoms with Gasteiger partial charge in [-0.3, -0.25) is 10.1 Å². The summed E-state index contributed by atoms with van der Waals surface area (Å²) in [5.41, 5.74) is 2.11. The molecular formula is C14H18N2O4. The van der Waals surface area contributed by atoms with Crippen molar-refractivity contribution in [3.05, 3.63) is 34.9 Å². The predicted octanol–water partition coefficient (Wildman–Crippen LogP) is 1.31. The molecule has 0 aromatic heterocycles. The lowest BCUT2D eigenvalue weighted by atomic mass is 10.1. The molecule has 0 spiro atoms. The van der Waals surface area contributed by atoms with Gasteiger partial charge in [-0.25, -0.2) is 9.59 Å². The molecule has 0 aliphatic heterocycles. The van der Waals surface area contributed by atoms with Gasteiger partial charge in [0.15, 0.2) is 6.61 Å². The summed E-state index contributed by atoms with van der Waals surface area (Å²) in [6.07, 6.45) is 0. The van der Waals surface area contributed by atoms with Gasteiger partial charge >= 0.3 is 12.0 Å². The Morgan fingerprint density at radius 3 is 2.55 bits per heavy atom. The summed E-state index contributed by atoms with van der Waals surface area (Å²) in [5, 5.41) is 4.45. The molecule has 0 heterocycles. The normalized spacial score (nSPS) is 9.75. The average Bonchev–Trinajstić information content (AvgIpc) is 2.39. The number of amides is 3. The number of imide groups is 1. The Kier molecular flexibility index (Phi) is 5.71. The number of nitrogens with one attached hydrogen (secondary N) is 2. The molecule has 0 unspecified atom stereocenters. The van der Waals surface area contributed by atoms with Crippen LogP contribution in [-0.4, -0.2) is 31.1 Å². The fourth-order valence-corrected chi connectivity index (χ4v) is 1.53. The lowest BCUT2D eigenvalue weighted by Crippen LogP contribution is -2.41. The minimum absolute atomic E-state index is 0.404. The first-order valence-corrected chi connectivity index (χ1v) is 6.26. The van der Waals surface area contributed by atoms with Gasteiger partial charge < -0.3 is 10.1 Å². The highest BCUT2D eigenvalue weighted by Gasteiger charge is 2.14. The summed E-state index contributed by atoms with van der Waals surface area (Å²) in [4.78, 5) is 34.3. The van der Waals surface area contributed by atoms with E-state index in [4.69, 9.17) is 4.74 Å². The van der Waals surface area contributed by atoms with E-state index in [0.29, 0.717) is 12.1 Å². The quantitative estimate of drug-likeness (QED) is 0.813. The SMILES string of the molecule is CCNC(=O)NC(=O)COC(=O)c1cc(C)ccc1C. The second-order valence-electron chi connectivity index (χ2n) is 4.30. The second kappa shape index (κ2) is 7.28. The van der Waals surface area contributed by atoms with Gasteiger partial charge in [0.05, 0.1) is 5.56 Å². The number of urea groups is 1. The summed E-state index contributed by atoms with van der Waals surface area (Å²) in [5.74, 6) is -1.26. The third-order valence-electron chi connectivity index (χ3n) is 2.54. The van der Waals surface area contributed by atoms with E-state index in [1.807, 2.05) is 18.3 Å². The Labute approximate surface area is 117 Å². The van der Waals surface area contributed by atoms with Crippen molar-refractivity contribution in [3.63, 3.8) is 0 Å². The van der Waals surface area contributed by atoms with Gasteiger partial charge in [-0.1, -0.05) is 17.7 Å². The molecule has 3 amide bonds. The Morgan fingerprint density at radius 1 is 1.20 bits per heavy atom. The highest BCUT2D eigenvalue weighted by atomic mass is 16.5. The number of ether oxygens (including phenoxy) is 1. The zero-order chi connectivity index (χ0) is 15.1. The van der Waals surface area contributed by atoms with Gasteiger partial charge in [-0.15, -0.1) is 0 Å². The van der Waals surface area contributed by atoms with Crippen LogP contribution in [0.2, 0.25) is 0 Å². The monoisotopic (exact) mass is 278 g/mol. The molecule has 0 fully saturated rings. The van der Waals surface area contributed by atoms with E-state index < -0.39 is 24.5 Å². The lowest BCUT2D eigenvalue weighted by Gasteiger charge is -2.08. The van der Waals surface area contributed by atoms with Crippen LogP contribution in [0.25, 0.3) is 0 Å². The molecule has 0 saturated carbocycles. The van der Waals surface area contributed by atoms with Crippen LogP contribution in [0.15, 0.2) is 18.2 Å². The third-order valence-corrected chi connectivity index (χ3v) is 2.54. The number of hydrogen-bond acceptors (Lipinski definition) is 4. The highest BCUT2D eigenvalue weighted by molar-refractivity contribution is 5.97. The van der Waals surface area contributed by atoms with E-state index in [2.05, 4.69) is 5.32 Å². The topological polar surface area (TPSA) is 84.5 Å². The van der Waals surface area contributed by atoms with Crippen molar-refractivity contribution in [1.29, 1.82) is 0 Å². The number of aryl methyl sites for hydroxylation is 2. The van der Waals surface area contributed by atoms with Crippen LogP contribution in [0.5, 0.6) is 0 Å². The molecule has 108 valence electrons. The molecule has 1 aromatic rings. The number of rotatable bonds is 4. The van der Waals surface area contributed by atoms with Gasteiger partial charge in [0.1, 0.15) is 0 Å². The van der Waals surface area contributed by atoms with Crippen LogP contribution in [0.4, 0.5) is 4.79 Å².